The summed E-state index contributed by atoms with van der Waals surface area (Å²) >= 11 is 0. The molecule has 2 heterocycles. The minimum Gasteiger partial charge on any atom is -0.370 e. The highest BCUT2D eigenvalue weighted by atomic mass is 16.5. The van der Waals surface area contributed by atoms with Crippen LogP contribution in [0.2, 0.25) is 0 Å². The van der Waals surface area contributed by atoms with Crippen molar-refractivity contribution in [1.29, 1.82) is 0 Å². The summed E-state index contributed by atoms with van der Waals surface area (Å²) in [5.74, 6) is -4.29. The number of urea groups is 1. The van der Waals surface area contributed by atoms with Gasteiger partial charge in [-0.25, -0.2) is 4.79 Å². The molecule has 7 atom stereocenters. The molecule has 15 nitrogen and oxygen atoms in total. The summed E-state index contributed by atoms with van der Waals surface area (Å²) in [5.41, 5.74) is -0.203. The van der Waals surface area contributed by atoms with Gasteiger partial charge in [0.2, 0.25) is 29.4 Å². The van der Waals surface area contributed by atoms with E-state index in [9.17, 15) is 33.6 Å². The van der Waals surface area contributed by atoms with Crippen LogP contribution >= 0.6 is 0 Å². The lowest BCUT2D eigenvalue weighted by Gasteiger charge is -2.37. The lowest BCUT2D eigenvalue weighted by Crippen LogP contribution is -2.60. The van der Waals surface area contributed by atoms with Crippen LogP contribution in [0.1, 0.15) is 111 Å². The van der Waals surface area contributed by atoms with Crippen LogP contribution in [-0.2, 0) is 33.5 Å². The summed E-state index contributed by atoms with van der Waals surface area (Å²) in [4.78, 5) is 98.6. The molecule has 2 saturated heterocycles. The molecule has 0 spiro atoms. The molecule has 1 aromatic rings. The zero-order chi connectivity index (χ0) is 42.5. The Hall–Kier alpha value is -4.53. The van der Waals surface area contributed by atoms with Gasteiger partial charge in [-0.15, -0.1) is 0 Å². The first kappa shape index (κ1) is 44.6. The molecule has 7 amide bonds. The monoisotopic (exact) mass is 807 g/mol. The number of ether oxygens (including phenoxy) is 1. The average Bonchev–Trinajstić information content (AvgIpc) is 3.85. The second kappa shape index (κ2) is 18.6. The minimum atomic E-state index is -1.20. The van der Waals surface area contributed by atoms with Gasteiger partial charge in [-0.1, -0.05) is 83.2 Å². The molecule has 0 aromatic heterocycles. The molecular weight excluding hydrogens is 743 g/mol. The van der Waals surface area contributed by atoms with E-state index in [0.29, 0.717) is 12.0 Å². The SMILES string of the molecule is C[C@@H](NC(=O)N[C@H](C(=O)N1C[C@@H]2OC(C)(C)C[C@@H]2[C@H]1C(=O)NC(CC1CC1)C(=O)C(=O)NCC(=O)NC(C(=O)N(C)C)c1ccccc1)C1CCCCC1)C(C)(C)C. The molecule has 2 aliphatic heterocycles. The third-order valence-electron chi connectivity index (χ3n) is 12.3. The normalized spacial score (nSPS) is 23.7. The number of carbonyl (C=O) groups is 7. The number of carbonyl (C=O) groups excluding carboxylic acids is 7. The van der Waals surface area contributed by atoms with Crippen molar-refractivity contribution in [2.75, 3.05) is 27.2 Å². The Morgan fingerprint density at radius 1 is 0.897 bits per heavy atom. The van der Waals surface area contributed by atoms with Crippen LogP contribution in [0.4, 0.5) is 4.79 Å². The summed E-state index contributed by atoms with van der Waals surface area (Å²) in [6, 6.07) is 3.99. The number of likely N-dealkylation sites (N-methyl/N-ethyl adjacent to an activating group) is 1. The quantitative estimate of drug-likeness (QED) is 0.167. The van der Waals surface area contributed by atoms with Crippen LogP contribution in [0.15, 0.2) is 30.3 Å². The van der Waals surface area contributed by atoms with E-state index >= 15 is 0 Å². The van der Waals surface area contributed by atoms with Gasteiger partial charge in [0.05, 0.1) is 24.3 Å². The first-order valence-corrected chi connectivity index (χ1v) is 21.0. The van der Waals surface area contributed by atoms with Gasteiger partial charge in [0, 0.05) is 32.6 Å². The van der Waals surface area contributed by atoms with E-state index < -0.39 is 72.0 Å². The van der Waals surface area contributed by atoms with E-state index in [2.05, 4.69) is 26.6 Å². The van der Waals surface area contributed by atoms with Crippen LogP contribution in [0.5, 0.6) is 0 Å². The molecule has 4 aliphatic rings. The van der Waals surface area contributed by atoms with Crippen LogP contribution < -0.4 is 26.6 Å². The van der Waals surface area contributed by atoms with E-state index in [4.69, 9.17) is 4.74 Å². The molecule has 5 N–H and O–H groups in total. The lowest BCUT2D eigenvalue weighted by molar-refractivity contribution is -0.145. The first-order valence-electron chi connectivity index (χ1n) is 21.0. The summed E-state index contributed by atoms with van der Waals surface area (Å²) in [5, 5.41) is 13.9. The van der Waals surface area contributed by atoms with E-state index in [1.807, 2.05) is 41.5 Å². The van der Waals surface area contributed by atoms with Gasteiger partial charge < -0.3 is 41.1 Å². The predicted molar refractivity (Wildman–Crippen MR) is 217 cm³/mol. The second-order valence-corrected chi connectivity index (χ2v) is 18.7. The maximum absolute atomic E-state index is 14.7. The number of hydrogen-bond acceptors (Lipinski definition) is 8. The highest BCUT2D eigenvalue weighted by Crippen LogP contribution is 2.44. The van der Waals surface area contributed by atoms with Crippen molar-refractivity contribution in [3.63, 3.8) is 0 Å². The van der Waals surface area contributed by atoms with Crippen molar-refractivity contribution in [2.45, 2.75) is 141 Å². The Bertz CT molecular complexity index is 1680. The van der Waals surface area contributed by atoms with Crippen molar-refractivity contribution in [1.82, 2.24) is 36.4 Å². The number of benzene rings is 1. The van der Waals surface area contributed by atoms with Crippen molar-refractivity contribution in [2.24, 2.45) is 23.2 Å². The molecule has 58 heavy (non-hydrogen) atoms. The average molecular weight is 808 g/mol. The molecule has 1 aromatic carbocycles. The summed E-state index contributed by atoms with van der Waals surface area (Å²) in [7, 11) is 3.14. The standard InChI is InChI=1S/C43H65N7O8/c1-25(42(2,3)4)45-41(57)48-34(28-17-13-10-14-18-28)40(56)50-24-31-29(22-43(5,6)58-31)35(50)37(53)46-30(21-26-19-20-26)36(52)38(54)44-23-32(51)47-33(39(55)49(7)8)27-15-11-9-12-16-27/h9,11-12,15-16,25-26,28-31,33-35H,10,13-14,17-24H2,1-8H3,(H,44,54)(H,46,53)(H,47,51)(H2,45,48,57)/t25-,29+,30?,31+,33?,34+,35+/m1/s1. The van der Waals surface area contributed by atoms with Crippen molar-refractivity contribution < 1.29 is 38.3 Å². The zero-order valence-corrected chi connectivity index (χ0v) is 35.5. The molecule has 320 valence electrons. The number of nitrogens with zero attached hydrogens (tertiary/aromatic N) is 2. The van der Waals surface area contributed by atoms with Gasteiger partial charge in [0.25, 0.3) is 5.91 Å². The Morgan fingerprint density at radius 3 is 2.16 bits per heavy atom. The fourth-order valence-corrected chi connectivity index (χ4v) is 8.44. The number of rotatable bonds is 15. The van der Waals surface area contributed by atoms with E-state index in [1.54, 1.807) is 44.4 Å². The van der Waals surface area contributed by atoms with Gasteiger partial charge in [0.1, 0.15) is 18.1 Å². The van der Waals surface area contributed by atoms with Crippen LogP contribution in [0, 0.1) is 23.2 Å². The maximum Gasteiger partial charge on any atom is 0.315 e. The Labute approximate surface area is 342 Å². The number of hydrogen-bond donors (Lipinski definition) is 5. The van der Waals surface area contributed by atoms with Gasteiger partial charge in [-0.3, -0.25) is 28.8 Å². The third kappa shape index (κ3) is 11.4. The van der Waals surface area contributed by atoms with E-state index in [1.165, 1.54) is 9.80 Å². The summed E-state index contributed by atoms with van der Waals surface area (Å²) in [6.07, 6.45) is 6.40. The summed E-state index contributed by atoms with van der Waals surface area (Å²) < 4.78 is 6.37. The molecule has 0 bridgehead atoms. The third-order valence-corrected chi connectivity index (χ3v) is 12.3. The van der Waals surface area contributed by atoms with Crippen molar-refractivity contribution in [3.05, 3.63) is 35.9 Å². The molecule has 15 heteroatoms. The Morgan fingerprint density at radius 2 is 1.55 bits per heavy atom. The number of Topliss-reactive ketones (excluding diaryl/α,β-unsaturated/α-hetero) is 1. The molecular formula is C43H65N7O8. The minimum absolute atomic E-state index is 0.118. The molecule has 5 rings (SSSR count). The Balaban J connectivity index is 1.31. The first-order chi connectivity index (χ1) is 27.3. The fraction of sp³-hybridized carbons (Fsp3) is 0.698. The van der Waals surface area contributed by atoms with Crippen LogP contribution in [0.3, 0.4) is 0 Å². The summed E-state index contributed by atoms with van der Waals surface area (Å²) in [6.45, 7) is 11.4. The highest BCUT2D eigenvalue weighted by Gasteiger charge is 2.56. The number of nitrogens with one attached hydrogen (secondary N) is 5. The Kier molecular flexibility index (Phi) is 14.3. The molecule has 2 unspecified atom stereocenters. The molecule has 2 saturated carbocycles. The molecule has 4 fully saturated rings. The van der Waals surface area contributed by atoms with Crippen LogP contribution in [0.25, 0.3) is 0 Å². The number of amides is 7. The van der Waals surface area contributed by atoms with Crippen molar-refractivity contribution in [3.8, 4) is 0 Å². The maximum atomic E-state index is 14.7. The van der Waals surface area contributed by atoms with E-state index in [-0.39, 0.29) is 54.0 Å². The number of fused-ring (bicyclic) bond motifs is 1. The zero-order valence-electron chi connectivity index (χ0n) is 35.5. The van der Waals surface area contributed by atoms with Crippen LogP contribution in [-0.4, -0.2) is 114 Å². The van der Waals surface area contributed by atoms with Gasteiger partial charge in [-0.2, -0.15) is 0 Å². The highest BCUT2D eigenvalue weighted by molar-refractivity contribution is 6.38. The van der Waals surface area contributed by atoms with Gasteiger partial charge in [0.15, 0.2) is 0 Å². The smallest absolute Gasteiger partial charge is 0.315 e. The fourth-order valence-electron chi connectivity index (χ4n) is 8.44. The van der Waals surface area contributed by atoms with Gasteiger partial charge in [-0.05, 0) is 69.3 Å². The van der Waals surface area contributed by atoms with Gasteiger partial charge >= 0.3 is 6.03 Å². The second-order valence-electron chi connectivity index (χ2n) is 18.7. The molecule has 0 radical (unpaired) electrons. The van der Waals surface area contributed by atoms with Crippen molar-refractivity contribution >= 4 is 41.4 Å². The predicted octanol–water partition coefficient (Wildman–Crippen LogP) is 2.98. The topological polar surface area (TPSA) is 195 Å². The number of ketones is 1. The van der Waals surface area contributed by atoms with E-state index in [0.717, 1.165) is 44.9 Å². The lowest BCUT2D eigenvalue weighted by atomic mass is 9.83. The largest absolute Gasteiger partial charge is 0.370 e. The molecule has 2 aliphatic carbocycles. The number of likely N-dealkylation sites (tertiary alicyclic amines) is 1.